The number of nitrogens with one attached hydrogen (secondary N) is 2. The van der Waals surface area contributed by atoms with Crippen LogP contribution in [-0.2, 0) is 0 Å². The quantitative estimate of drug-likeness (QED) is 0.521. The second-order valence-corrected chi connectivity index (χ2v) is 8.88. The van der Waals surface area contributed by atoms with Crippen LogP contribution < -0.4 is 20.5 Å². The first-order chi connectivity index (χ1) is 14.7. The third-order valence-electron chi connectivity index (χ3n) is 4.96. The monoisotopic (exact) mass is 435 g/mol. The van der Waals surface area contributed by atoms with Crippen molar-refractivity contribution >= 4 is 40.5 Å². The van der Waals surface area contributed by atoms with Crippen LogP contribution in [0.25, 0.3) is 10.9 Å². The number of amidine groups is 1. The lowest BCUT2D eigenvalue weighted by Gasteiger charge is -2.28. The van der Waals surface area contributed by atoms with E-state index in [2.05, 4.69) is 19.4 Å². The van der Waals surface area contributed by atoms with E-state index in [1.54, 1.807) is 0 Å². The predicted molar refractivity (Wildman–Crippen MR) is 127 cm³/mol. The molecule has 8 heteroatoms. The number of hydrogen-bond acceptors (Lipinski definition) is 7. The van der Waals surface area contributed by atoms with Crippen molar-refractivity contribution in [2.24, 2.45) is 10.1 Å². The standard InChI is InChI=1S/C23H25N5O2S/c1-13-8-9-17-15(10-13)16(11-14(2)25-17)22(29)26-23(3,4)12-30-19-7-5-6-18-20(19)21(24)28-31-27-18/h5-11,27H,12H2,1-4H3,(H2,24,28)(H,26,29). The molecule has 3 aromatic rings. The van der Waals surface area contributed by atoms with Crippen molar-refractivity contribution in [1.29, 1.82) is 0 Å². The molecule has 1 aliphatic rings. The molecule has 2 heterocycles. The number of anilines is 1. The lowest BCUT2D eigenvalue weighted by Crippen LogP contribution is -2.48. The molecule has 7 nitrogen and oxygen atoms in total. The number of ether oxygens (including phenoxy) is 1. The number of carbonyl (C=O) groups excluding carboxylic acids is 1. The fourth-order valence-corrected chi connectivity index (χ4v) is 4.00. The topological polar surface area (TPSA) is 102 Å². The molecule has 0 aliphatic carbocycles. The molecule has 4 rings (SSSR count). The Hall–Kier alpha value is -3.26. The second kappa shape index (κ2) is 8.11. The number of pyridine rings is 1. The van der Waals surface area contributed by atoms with E-state index in [-0.39, 0.29) is 12.5 Å². The van der Waals surface area contributed by atoms with Crippen molar-refractivity contribution in [3.05, 3.63) is 64.8 Å². The van der Waals surface area contributed by atoms with Crippen molar-refractivity contribution in [3.63, 3.8) is 0 Å². The number of nitrogens with two attached hydrogens (primary N) is 1. The van der Waals surface area contributed by atoms with Gasteiger partial charge in [0.05, 0.1) is 40.0 Å². The van der Waals surface area contributed by atoms with Gasteiger partial charge in [-0.3, -0.25) is 9.78 Å². The molecule has 4 N–H and O–H groups in total. The lowest BCUT2D eigenvalue weighted by atomic mass is 10.0. The van der Waals surface area contributed by atoms with Crippen LogP contribution in [0.3, 0.4) is 0 Å². The molecule has 1 amide bonds. The number of nitrogens with zero attached hydrogens (tertiary/aromatic N) is 2. The summed E-state index contributed by atoms with van der Waals surface area (Å²) in [6.07, 6.45) is 0. The summed E-state index contributed by atoms with van der Waals surface area (Å²) in [6.45, 7) is 8.00. The van der Waals surface area contributed by atoms with Gasteiger partial charge in [0, 0.05) is 11.1 Å². The van der Waals surface area contributed by atoms with Crippen LogP contribution in [0.5, 0.6) is 5.75 Å². The molecule has 0 atom stereocenters. The summed E-state index contributed by atoms with van der Waals surface area (Å²) in [6, 6.07) is 13.4. The number of hydrogen-bond donors (Lipinski definition) is 3. The van der Waals surface area contributed by atoms with Crippen molar-refractivity contribution in [2.45, 2.75) is 33.2 Å². The van der Waals surface area contributed by atoms with Crippen molar-refractivity contribution < 1.29 is 9.53 Å². The van der Waals surface area contributed by atoms with Gasteiger partial charge in [-0.25, -0.2) is 0 Å². The zero-order chi connectivity index (χ0) is 22.2. The van der Waals surface area contributed by atoms with Crippen LogP contribution in [0, 0.1) is 13.8 Å². The molecule has 0 spiro atoms. The molecule has 0 saturated heterocycles. The van der Waals surface area contributed by atoms with Crippen molar-refractivity contribution in [2.75, 3.05) is 11.3 Å². The second-order valence-electron chi connectivity index (χ2n) is 8.31. The van der Waals surface area contributed by atoms with Gasteiger partial charge in [-0.2, -0.15) is 4.40 Å². The molecule has 160 valence electrons. The summed E-state index contributed by atoms with van der Waals surface area (Å²) in [5, 5.41) is 3.94. The normalized spacial score (nSPS) is 13.2. The summed E-state index contributed by atoms with van der Waals surface area (Å²) < 4.78 is 13.3. The maximum Gasteiger partial charge on any atom is 0.252 e. The van der Waals surface area contributed by atoms with E-state index in [1.807, 2.05) is 70.2 Å². The highest BCUT2D eigenvalue weighted by atomic mass is 32.2. The maximum atomic E-state index is 13.2. The highest BCUT2D eigenvalue weighted by Gasteiger charge is 2.25. The minimum absolute atomic E-state index is 0.163. The summed E-state index contributed by atoms with van der Waals surface area (Å²) in [5.74, 6) is 0.865. The molecule has 0 radical (unpaired) electrons. The Morgan fingerprint density at radius 2 is 2.03 bits per heavy atom. The van der Waals surface area contributed by atoms with E-state index < -0.39 is 5.54 Å². The molecule has 1 aliphatic heterocycles. The molecule has 2 aromatic carbocycles. The van der Waals surface area contributed by atoms with Gasteiger partial charge in [0.1, 0.15) is 18.2 Å². The summed E-state index contributed by atoms with van der Waals surface area (Å²) in [4.78, 5) is 17.7. The summed E-state index contributed by atoms with van der Waals surface area (Å²) >= 11 is 1.18. The smallest absolute Gasteiger partial charge is 0.252 e. The van der Waals surface area contributed by atoms with Gasteiger partial charge < -0.3 is 20.5 Å². The zero-order valence-corrected chi connectivity index (χ0v) is 18.8. The molecule has 0 bridgehead atoms. The fourth-order valence-electron chi connectivity index (χ4n) is 3.50. The number of benzene rings is 2. The number of rotatable bonds is 5. The Kier molecular flexibility index (Phi) is 5.49. The molecule has 1 aromatic heterocycles. The number of aryl methyl sites for hydroxylation is 2. The number of carbonyl (C=O) groups is 1. The van der Waals surface area contributed by atoms with Gasteiger partial charge in [-0.15, -0.1) is 0 Å². The number of fused-ring (bicyclic) bond motifs is 2. The van der Waals surface area contributed by atoms with Gasteiger partial charge in [-0.05, 0) is 58.0 Å². The Morgan fingerprint density at radius 1 is 1.23 bits per heavy atom. The molecule has 31 heavy (non-hydrogen) atoms. The largest absolute Gasteiger partial charge is 0.490 e. The Balaban J connectivity index is 1.54. The van der Waals surface area contributed by atoms with Gasteiger partial charge in [0.25, 0.3) is 5.91 Å². The molecule has 0 saturated carbocycles. The number of amides is 1. The average Bonchev–Trinajstić information content (AvgIpc) is 2.72. The fraction of sp³-hybridized carbons (Fsp3) is 0.261. The average molecular weight is 436 g/mol. The summed E-state index contributed by atoms with van der Waals surface area (Å²) in [5.41, 5.74) is 10.3. The van der Waals surface area contributed by atoms with Gasteiger partial charge in [0.15, 0.2) is 0 Å². The first-order valence-electron chi connectivity index (χ1n) is 9.96. The van der Waals surface area contributed by atoms with E-state index in [4.69, 9.17) is 10.5 Å². The van der Waals surface area contributed by atoms with E-state index in [1.165, 1.54) is 12.1 Å². The van der Waals surface area contributed by atoms with E-state index in [0.29, 0.717) is 17.1 Å². The highest BCUT2D eigenvalue weighted by molar-refractivity contribution is 7.99. The number of aromatic nitrogens is 1. The molecule has 0 fully saturated rings. The SMILES string of the molecule is Cc1ccc2nc(C)cc(C(=O)NC(C)(C)COc3cccc4c3C(N)=NSN4)c2c1. The predicted octanol–water partition coefficient (Wildman–Crippen LogP) is 4.13. The molecule has 0 unspecified atom stereocenters. The first kappa shape index (κ1) is 21.0. The third kappa shape index (κ3) is 4.44. The molecular weight excluding hydrogens is 410 g/mol. The van der Waals surface area contributed by atoms with Crippen LogP contribution >= 0.6 is 12.1 Å². The van der Waals surface area contributed by atoms with Gasteiger partial charge in [0.2, 0.25) is 0 Å². The minimum Gasteiger partial charge on any atom is -0.490 e. The van der Waals surface area contributed by atoms with Gasteiger partial charge >= 0.3 is 0 Å². The van der Waals surface area contributed by atoms with Crippen LogP contribution in [0.15, 0.2) is 46.9 Å². The summed E-state index contributed by atoms with van der Waals surface area (Å²) in [7, 11) is 0. The highest BCUT2D eigenvalue weighted by Crippen LogP contribution is 2.32. The maximum absolute atomic E-state index is 13.2. The van der Waals surface area contributed by atoms with Crippen LogP contribution in [-0.4, -0.2) is 28.9 Å². The van der Waals surface area contributed by atoms with Crippen LogP contribution in [0.2, 0.25) is 0 Å². The first-order valence-corrected chi connectivity index (χ1v) is 10.7. The Morgan fingerprint density at radius 3 is 2.84 bits per heavy atom. The van der Waals surface area contributed by atoms with E-state index >= 15 is 0 Å². The lowest BCUT2D eigenvalue weighted by molar-refractivity contribution is 0.0882. The van der Waals surface area contributed by atoms with Gasteiger partial charge in [-0.1, -0.05) is 17.7 Å². The van der Waals surface area contributed by atoms with Crippen molar-refractivity contribution in [3.8, 4) is 5.75 Å². The molecular formula is C23H25N5O2S. The zero-order valence-electron chi connectivity index (χ0n) is 17.9. The van der Waals surface area contributed by atoms with E-state index in [0.717, 1.165) is 33.4 Å². The van der Waals surface area contributed by atoms with E-state index in [9.17, 15) is 4.79 Å². The Labute approximate surface area is 185 Å². The van der Waals surface area contributed by atoms with Crippen LogP contribution in [0.1, 0.15) is 41.0 Å². The van der Waals surface area contributed by atoms with Crippen molar-refractivity contribution in [1.82, 2.24) is 10.3 Å². The minimum atomic E-state index is -0.629. The Bertz CT molecular complexity index is 1210. The third-order valence-corrected chi connectivity index (χ3v) is 5.56. The van der Waals surface area contributed by atoms with Crippen LogP contribution in [0.4, 0.5) is 5.69 Å².